The monoisotopic (exact) mass is 260 g/mol. The highest BCUT2D eigenvalue weighted by Gasteiger charge is 2.20. The fourth-order valence-corrected chi connectivity index (χ4v) is 2.99. The summed E-state index contributed by atoms with van der Waals surface area (Å²) in [6, 6.07) is 8.73. The molecule has 106 valence electrons. The summed E-state index contributed by atoms with van der Waals surface area (Å²) in [6.45, 7) is 10.4. The van der Waals surface area contributed by atoms with Gasteiger partial charge in [0.1, 0.15) is 0 Å². The van der Waals surface area contributed by atoms with Gasteiger partial charge in [0.05, 0.1) is 0 Å². The molecule has 2 heteroatoms. The predicted molar refractivity (Wildman–Crippen MR) is 83.9 cm³/mol. The molecule has 0 bridgehead atoms. The molecule has 1 N–H and O–H groups in total. The van der Waals surface area contributed by atoms with Gasteiger partial charge in [0.25, 0.3) is 0 Å². The van der Waals surface area contributed by atoms with Crippen LogP contribution < -0.4 is 5.32 Å². The van der Waals surface area contributed by atoms with Crippen LogP contribution >= 0.6 is 0 Å². The summed E-state index contributed by atoms with van der Waals surface area (Å²) in [6.07, 6.45) is 2.69. The first-order chi connectivity index (χ1) is 8.97. The summed E-state index contributed by atoms with van der Waals surface area (Å²) < 4.78 is 0. The van der Waals surface area contributed by atoms with Crippen LogP contribution in [0.2, 0.25) is 0 Å². The van der Waals surface area contributed by atoms with Crippen molar-refractivity contribution < 1.29 is 0 Å². The molecule has 1 unspecified atom stereocenters. The van der Waals surface area contributed by atoms with Crippen LogP contribution in [0, 0.1) is 5.92 Å². The van der Waals surface area contributed by atoms with Gasteiger partial charge in [0, 0.05) is 18.8 Å². The maximum atomic E-state index is 3.68. The van der Waals surface area contributed by atoms with E-state index in [0.29, 0.717) is 0 Å². The minimum Gasteiger partial charge on any atom is -0.384 e. The van der Waals surface area contributed by atoms with Crippen LogP contribution in [0.3, 0.4) is 0 Å². The molecule has 1 aliphatic heterocycles. The van der Waals surface area contributed by atoms with Gasteiger partial charge in [-0.15, -0.1) is 0 Å². The lowest BCUT2D eigenvalue weighted by Gasteiger charge is -2.31. The van der Waals surface area contributed by atoms with E-state index in [1.54, 1.807) is 0 Å². The Morgan fingerprint density at radius 2 is 2.00 bits per heavy atom. The zero-order chi connectivity index (χ0) is 13.9. The van der Waals surface area contributed by atoms with Crippen molar-refractivity contribution in [3.8, 4) is 0 Å². The first-order valence-corrected chi connectivity index (χ1v) is 7.49. The molecule has 1 aromatic carbocycles. The van der Waals surface area contributed by atoms with E-state index < -0.39 is 0 Å². The van der Waals surface area contributed by atoms with Crippen molar-refractivity contribution in [3.05, 3.63) is 29.8 Å². The van der Waals surface area contributed by atoms with E-state index in [1.807, 2.05) is 0 Å². The molecule has 2 nitrogen and oxygen atoms in total. The second-order valence-electron chi connectivity index (χ2n) is 6.95. The normalized spacial score (nSPS) is 21.4. The van der Waals surface area contributed by atoms with E-state index in [1.165, 1.54) is 37.2 Å². The summed E-state index contributed by atoms with van der Waals surface area (Å²) in [7, 11) is 2.23. The van der Waals surface area contributed by atoms with Gasteiger partial charge in [-0.1, -0.05) is 39.0 Å². The van der Waals surface area contributed by atoms with Crippen molar-refractivity contribution in [3.63, 3.8) is 0 Å². The summed E-state index contributed by atoms with van der Waals surface area (Å²) >= 11 is 0. The van der Waals surface area contributed by atoms with Crippen molar-refractivity contribution in [1.29, 1.82) is 0 Å². The number of benzene rings is 1. The maximum Gasteiger partial charge on any atom is 0.0378 e. The number of para-hydroxylation sites is 1. The molecular weight excluding hydrogens is 232 g/mol. The molecule has 2 rings (SSSR count). The Balaban J connectivity index is 1.99. The van der Waals surface area contributed by atoms with Crippen LogP contribution in [-0.2, 0) is 5.41 Å². The second kappa shape index (κ2) is 5.96. The van der Waals surface area contributed by atoms with Crippen LogP contribution in [-0.4, -0.2) is 31.6 Å². The number of likely N-dealkylation sites (tertiary alicyclic amines) is 1. The molecule has 1 atom stereocenters. The van der Waals surface area contributed by atoms with Gasteiger partial charge in [-0.3, -0.25) is 0 Å². The van der Waals surface area contributed by atoms with E-state index in [2.05, 4.69) is 62.3 Å². The molecule has 1 saturated heterocycles. The summed E-state index contributed by atoms with van der Waals surface area (Å²) in [5.41, 5.74) is 2.93. The van der Waals surface area contributed by atoms with Crippen LogP contribution in [0.5, 0.6) is 0 Å². The van der Waals surface area contributed by atoms with Crippen molar-refractivity contribution in [2.75, 3.05) is 32.0 Å². The standard InChI is InChI=1S/C17H28N2/c1-17(2,3)15-9-5-6-10-16(15)18-12-14-8-7-11-19(4)13-14/h5-6,9-10,14,18H,7-8,11-13H2,1-4H3. The Kier molecular flexibility index (Phi) is 4.51. The SMILES string of the molecule is CN1CCCC(CNc2ccccc2C(C)(C)C)C1. The molecule has 0 aliphatic carbocycles. The smallest absolute Gasteiger partial charge is 0.0378 e. The van der Waals surface area contributed by atoms with E-state index in [0.717, 1.165) is 12.5 Å². The van der Waals surface area contributed by atoms with Gasteiger partial charge in [-0.2, -0.15) is 0 Å². The van der Waals surface area contributed by atoms with Crippen molar-refractivity contribution in [2.24, 2.45) is 5.92 Å². The Morgan fingerprint density at radius 3 is 2.68 bits per heavy atom. The highest BCUT2D eigenvalue weighted by Crippen LogP contribution is 2.29. The van der Waals surface area contributed by atoms with Gasteiger partial charge >= 0.3 is 0 Å². The minimum atomic E-state index is 0.201. The molecule has 1 aromatic rings. The Bertz CT molecular complexity index is 406. The Morgan fingerprint density at radius 1 is 1.26 bits per heavy atom. The molecule has 0 aromatic heterocycles. The average Bonchev–Trinajstić information content (AvgIpc) is 2.36. The minimum absolute atomic E-state index is 0.201. The molecule has 1 heterocycles. The number of nitrogens with one attached hydrogen (secondary N) is 1. The highest BCUT2D eigenvalue weighted by atomic mass is 15.1. The molecule has 1 fully saturated rings. The first-order valence-electron chi connectivity index (χ1n) is 7.49. The topological polar surface area (TPSA) is 15.3 Å². The van der Waals surface area contributed by atoms with Gasteiger partial charge in [0.15, 0.2) is 0 Å². The molecule has 0 spiro atoms. The lowest BCUT2D eigenvalue weighted by atomic mass is 9.85. The van der Waals surface area contributed by atoms with Crippen molar-refractivity contribution >= 4 is 5.69 Å². The largest absolute Gasteiger partial charge is 0.384 e. The number of nitrogens with zero attached hydrogens (tertiary/aromatic N) is 1. The molecule has 1 aliphatic rings. The third-order valence-corrected chi connectivity index (χ3v) is 4.04. The van der Waals surface area contributed by atoms with E-state index in [9.17, 15) is 0 Å². The highest BCUT2D eigenvalue weighted by molar-refractivity contribution is 5.54. The maximum absolute atomic E-state index is 3.68. The number of anilines is 1. The van der Waals surface area contributed by atoms with Crippen LogP contribution in [0.1, 0.15) is 39.2 Å². The van der Waals surface area contributed by atoms with Gasteiger partial charge in [-0.25, -0.2) is 0 Å². The average molecular weight is 260 g/mol. The van der Waals surface area contributed by atoms with Crippen molar-refractivity contribution in [2.45, 2.75) is 39.0 Å². The number of hydrogen-bond donors (Lipinski definition) is 1. The molecule has 0 saturated carbocycles. The van der Waals surface area contributed by atoms with Crippen LogP contribution in [0.15, 0.2) is 24.3 Å². The van der Waals surface area contributed by atoms with Crippen LogP contribution in [0.4, 0.5) is 5.69 Å². The summed E-state index contributed by atoms with van der Waals surface area (Å²) in [5.74, 6) is 0.784. The van der Waals surface area contributed by atoms with E-state index in [4.69, 9.17) is 0 Å². The number of rotatable bonds is 3. The Hall–Kier alpha value is -1.02. The third kappa shape index (κ3) is 3.97. The lowest BCUT2D eigenvalue weighted by molar-refractivity contribution is 0.217. The molecule has 19 heavy (non-hydrogen) atoms. The van der Waals surface area contributed by atoms with Gasteiger partial charge in [0.2, 0.25) is 0 Å². The number of hydrogen-bond acceptors (Lipinski definition) is 2. The van der Waals surface area contributed by atoms with E-state index >= 15 is 0 Å². The van der Waals surface area contributed by atoms with Gasteiger partial charge < -0.3 is 10.2 Å². The summed E-state index contributed by atoms with van der Waals surface area (Å²) in [5, 5.41) is 3.68. The second-order valence-corrected chi connectivity index (χ2v) is 6.95. The summed E-state index contributed by atoms with van der Waals surface area (Å²) in [4.78, 5) is 2.45. The zero-order valence-electron chi connectivity index (χ0n) is 12.9. The fourth-order valence-electron chi connectivity index (χ4n) is 2.99. The van der Waals surface area contributed by atoms with Gasteiger partial charge in [-0.05, 0) is 49.4 Å². The molecular formula is C17H28N2. The molecule has 0 amide bonds. The number of piperidine rings is 1. The third-order valence-electron chi connectivity index (χ3n) is 4.04. The zero-order valence-corrected chi connectivity index (χ0v) is 12.9. The van der Waals surface area contributed by atoms with Crippen molar-refractivity contribution in [1.82, 2.24) is 4.90 Å². The Labute approximate surface area is 118 Å². The quantitative estimate of drug-likeness (QED) is 0.890. The predicted octanol–water partition coefficient (Wildman–Crippen LogP) is 3.74. The van der Waals surface area contributed by atoms with E-state index in [-0.39, 0.29) is 5.41 Å². The first kappa shape index (κ1) is 14.4. The van der Waals surface area contributed by atoms with Crippen LogP contribution in [0.25, 0.3) is 0 Å². The lowest BCUT2D eigenvalue weighted by Crippen LogP contribution is -2.35. The molecule has 0 radical (unpaired) electrons. The fraction of sp³-hybridized carbons (Fsp3) is 0.647.